The average molecular weight is 269 g/mol. The molecular formula is C15H11NO2S. The van der Waals surface area contributed by atoms with Crippen molar-refractivity contribution in [3.63, 3.8) is 0 Å². The predicted molar refractivity (Wildman–Crippen MR) is 79.4 cm³/mol. The SMILES string of the molecule is O=c1sc2ccccc2n1/C=C/c1ccc(O)cc1. The first-order valence-electron chi connectivity index (χ1n) is 5.81. The quantitative estimate of drug-likeness (QED) is 0.774. The van der Waals surface area contributed by atoms with E-state index >= 15 is 0 Å². The van der Waals surface area contributed by atoms with Gasteiger partial charge in [0.2, 0.25) is 0 Å². The van der Waals surface area contributed by atoms with Crippen LogP contribution in [-0.2, 0) is 0 Å². The molecule has 0 radical (unpaired) electrons. The van der Waals surface area contributed by atoms with Crippen LogP contribution in [0.2, 0.25) is 0 Å². The number of aromatic nitrogens is 1. The third kappa shape index (κ3) is 2.30. The summed E-state index contributed by atoms with van der Waals surface area (Å²) in [5.74, 6) is 0.232. The van der Waals surface area contributed by atoms with Gasteiger partial charge in [0.25, 0.3) is 0 Å². The molecule has 1 heterocycles. The first kappa shape index (κ1) is 11.7. The molecule has 3 aromatic rings. The Hall–Kier alpha value is -2.33. The maximum Gasteiger partial charge on any atom is 0.312 e. The molecule has 94 valence electrons. The van der Waals surface area contributed by atoms with E-state index in [1.165, 1.54) is 11.3 Å². The monoisotopic (exact) mass is 269 g/mol. The van der Waals surface area contributed by atoms with Crippen LogP contribution in [0.25, 0.3) is 22.5 Å². The highest BCUT2D eigenvalue weighted by Gasteiger charge is 2.03. The van der Waals surface area contributed by atoms with E-state index in [9.17, 15) is 9.90 Å². The minimum Gasteiger partial charge on any atom is -0.508 e. The van der Waals surface area contributed by atoms with Crippen LogP contribution < -0.4 is 4.87 Å². The van der Waals surface area contributed by atoms with Crippen molar-refractivity contribution in [1.82, 2.24) is 4.57 Å². The van der Waals surface area contributed by atoms with Gasteiger partial charge in [-0.3, -0.25) is 9.36 Å². The molecule has 0 saturated heterocycles. The Bertz CT molecular complexity index is 797. The second-order valence-electron chi connectivity index (χ2n) is 4.11. The van der Waals surface area contributed by atoms with Crippen LogP contribution in [0.4, 0.5) is 0 Å². The lowest BCUT2D eigenvalue weighted by molar-refractivity contribution is 0.475. The van der Waals surface area contributed by atoms with E-state index in [0.717, 1.165) is 15.8 Å². The summed E-state index contributed by atoms with van der Waals surface area (Å²) in [5, 5.41) is 9.22. The molecule has 0 aliphatic carbocycles. The summed E-state index contributed by atoms with van der Waals surface area (Å²) < 4.78 is 2.61. The number of thiazole rings is 1. The van der Waals surface area contributed by atoms with Gasteiger partial charge in [-0.25, -0.2) is 0 Å². The number of hydrogen-bond acceptors (Lipinski definition) is 3. The fourth-order valence-corrected chi connectivity index (χ4v) is 2.73. The maximum absolute atomic E-state index is 11.9. The van der Waals surface area contributed by atoms with Crippen LogP contribution in [0.1, 0.15) is 5.56 Å². The van der Waals surface area contributed by atoms with E-state index in [0.29, 0.717) is 0 Å². The lowest BCUT2D eigenvalue weighted by Crippen LogP contribution is -2.05. The summed E-state index contributed by atoms with van der Waals surface area (Å²) in [6.45, 7) is 0. The van der Waals surface area contributed by atoms with Gasteiger partial charge in [0.1, 0.15) is 5.75 Å². The lowest BCUT2D eigenvalue weighted by Gasteiger charge is -1.96. The van der Waals surface area contributed by atoms with Crippen LogP contribution in [0, 0.1) is 0 Å². The third-order valence-electron chi connectivity index (χ3n) is 2.83. The zero-order chi connectivity index (χ0) is 13.2. The summed E-state index contributed by atoms with van der Waals surface area (Å²) in [6.07, 6.45) is 3.60. The number of benzene rings is 2. The minimum atomic E-state index is -0.00349. The van der Waals surface area contributed by atoms with Crippen LogP contribution in [-0.4, -0.2) is 9.67 Å². The number of para-hydroxylation sites is 1. The van der Waals surface area contributed by atoms with Crippen LogP contribution in [0.5, 0.6) is 5.75 Å². The molecule has 0 atom stereocenters. The van der Waals surface area contributed by atoms with E-state index in [2.05, 4.69) is 0 Å². The fourth-order valence-electron chi connectivity index (χ4n) is 1.87. The number of rotatable bonds is 2. The molecule has 3 rings (SSSR count). The van der Waals surface area contributed by atoms with Crippen molar-refractivity contribution >= 4 is 33.8 Å². The molecule has 0 fully saturated rings. The molecule has 1 aromatic heterocycles. The zero-order valence-electron chi connectivity index (χ0n) is 9.98. The molecule has 0 aliphatic rings. The number of phenolic OH excluding ortho intramolecular Hbond substituents is 1. The van der Waals surface area contributed by atoms with Crippen molar-refractivity contribution in [2.75, 3.05) is 0 Å². The number of nitrogens with zero attached hydrogens (tertiary/aromatic N) is 1. The van der Waals surface area contributed by atoms with E-state index in [4.69, 9.17) is 0 Å². The van der Waals surface area contributed by atoms with E-state index < -0.39 is 0 Å². The van der Waals surface area contributed by atoms with E-state index in [1.807, 2.05) is 30.3 Å². The zero-order valence-corrected chi connectivity index (χ0v) is 10.8. The second kappa shape index (κ2) is 4.74. The van der Waals surface area contributed by atoms with Crippen molar-refractivity contribution in [3.05, 3.63) is 63.8 Å². The summed E-state index contributed by atoms with van der Waals surface area (Å²) in [4.78, 5) is 11.9. The van der Waals surface area contributed by atoms with E-state index in [1.54, 1.807) is 35.0 Å². The topological polar surface area (TPSA) is 42.2 Å². The van der Waals surface area contributed by atoms with Gasteiger partial charge in [0.15, 0.2) is 0 Å². The van der Waals surface area contributed by atoms with Gasteiger partial charge in [-0.1, -0.05) is 35.6 Å². The molecular weight excluding hydrogens is 258 g/mol. The fraction of sp³-hybridized carbons (Fsp3) is 0. The third-order valence-corrected chi connectivity index (χ3v) is 3.76. The Morgan fingerprint density at radius 3 is 2.58 bits per heavy atom. The van der Waals surface area contributed by atoms with E-state index in [-0.39, 0.29) is 10.6 Å². The van der Waals surface area contributed by atoms with Gasteiger partial charge in [-0.05, 0) is 35.9 Å². The highest BCUT2D eigenvalue weighted by molar-refractivity contribution is 7.16. The van der Waals surface area contributed by atoms with Gasteiger partial charge in [0, 0.05) is 6.20 Å². The number of hydrogen-bond donors (Lipinski definition) is 1. The molecule has 0 saturated carbocycles. The molecule has 0 amide bonds. The van der Waals surface area contributed by atoms with Crippen molar-refractivity contribution in [2.45, 2.75) is 0 Å². The normalized spacial score (nSPS) is 11.4. The highest BCUT2D eigenvalue weighted by atomic mass is 32.1. The van der Waals surface area contributed by atoms with Crippen molar-refractivity contribution in [3.8, 4) is 5.75 Å². The minimum absolute atomic E-state index is 0.00349. The Balaban J connectivity index is 2.03. The smallest absolute Gasteiger partial charge is 0.312 e. The standard InChI is InChI=1S/C15H11NO2S/c17-12-7-5-11(6-8-12)9-10-16-13-3-1-2-4-14(13)19-15(16)18/h1-10,17H/b10-9+. The largest absolute Gasteiger partial charge is 0.508 e. The molecule has 2 aromatic carbocycles. The summed E-state index contributed by atoms with van der Waals surface area (Å²) in [5.41, 5.74) is 1.84. The van der Waals surface area contributed by atoms with Crippen LogP contribution >= 0.6 is 11.3 Å². The molecule has 0 spiro atoms. The maximum atomic E-state index is 11.9. The second-order valence-corrected chi connectivity index (χ2v) is 5.11. The first-order valence-corrected chi connectivity index (χ1v) is 6.63. The molecule has 1 N–H and O–H groups in total. The van der Waals surface area contributed by atoms with Gasteiger partial charge < -0.3 is 5.11 Å². The first-order chi connectivity index (χ1) is 9.24. The molecule has 3 nitrogen and oxygen atoms in total. The van der Waals surface area contributed by atoms with Crippen LogP contribution in [0.15, 0.2) is 53.3 Å². The molecule has 0 aliphatic heterocycles. The summed E-state index contributed by atoms with van der Waals surface area (Å²) in [6, 6.07) is 14.5. The van der Waals surface area contributed by atoms with Crippen LogP contribution in [0.3, 0.4) is 0 Å². The summed E-state index contributed by atoms with van der Waals surface area (Å²) >= 11 is 1.23. The van der Waals surface area contributed by atoms with Gasteiger partial charge in [0.05, 0.1) is 10.2 Å². The van der Waals surface area contributed by atoms with Crippen molar-refractivity contribution < 1.29 is 5.11 Å². The molecule has 4 heteroatoms. The molecule has 0 bridgehead atoms. The van der Waals surface area contributed by atoms with Crippen molar-refractivity contribution in [2.24, 2.45) is 0 Å². The Labute approximate surface area is 113 Å². The molecule has 0 unspecified atom stereocenters. The highest BCUT2D eigenvalue weighted by Crippen LogP contribution is 2.17. The number of aromatic hydroxyl groups is 1. The Morgan fingerprint density at radius 1 is 1.05 bits per heavy atom. The van der Waals surface area contributed by atoms with Gasteiger partial charge >= 0.3 is 4.87 Å². The summed E-state index contributed by atoms with van der Waals surface area (Å²) in [7, 11) is 0. The average Bonchev–Trinajstić information content (AvgIpc) is 2.74. The lowest BCUT2D eigenvalue weighted by atomic mass is 10.2. The van der Waals surface area contributed by atoms with Gasteiger partial charge in [-0.15, -0.1) is 0 Å². The predicted octanol–water partition coefficient (Wildman–Crippen LogP) is 3.40. The Kier molecular flexibility index (Phi) is 2.93. The number of fused-ring (bicyclic) bond motifs is 1. The van der Waals surface area contributed by atoms with Gasteiger partial charge in [-0.2, -0.15) is 0 Å². The molecule has 19 heavy (non-hydrogen) atoms. The van der Waals surface area contributed by atoms with Crippen molar-refractivity contribution in [1.29, 1.82) is 0 Å². The Morgan fingerprint density at radius 2 is 1.79 bits per heavy atom. The number of phenols is 1.